The minimum absolute atomic E-state index is 0.0694. The molecule has 0 atom stereocenters. The maximum Gasteiger partial charge on any atom is 0.516 e. The molecule has 0 spiro atoms. The van der Waals surface area contributed by atoms with Gasteiger partial charge in [-0.15, -0.1) is 11.3 Å². The third kappa shape index (κ3) is 4.73. The standard InChI is InChI=1S/C17H16ClF3N4O2S2/c1-10(2)8-25-15(5-6-22-25)16-23-14(9-28-16)12-4-3-11(7-13(12)18)24-29(26,27)17(19,20)21/h3-7,9-10,24H,8H2,1-2H3. The van der Waals surface area contributed by atoms with E-state index in [9.17, 15) is 21.6 Å². The van der Waals surface area contributed by atoms with Crippen molar-refractivity contribution in [2.24, 2.45) is 5.92 Å². The van der Waals surface area contributed by atoms with E-state index in [1.54, 1.807) is 11.6 Å². The van der Waals surface area contributed by atoms with Gasteiger partial charge in [0.2, 0.25) is 0 Å². The molecule has 0 unspecified atom stereocenters. The first-order valence-electron chi connectivity index (χ1n) is 8.34. The van der Waals surface area contributed by atoms with E-state index < -0.39 is 15.5 Å². The average Bonchev–Trinajstić information content (AvgIpc) is 3.22. The number of halogens is 4. The van der Waals surface area contributed by atoms with Gasteiger partial charge < -0.3 is 0 Å². The molecular weight excluding hydrogens is 449 g/mol. The van der Waals surface area contributed by atoms with Crippen LogP contribution in [-0.4, -0.2) is 28.7 Å². The Morgan fingerprint density at radius 2 is 2.00 bits per heavy atom. The van der Waals surface area contributed by atoms with E-state index in [1.165, 1.54) is 28.2 Å². The monoisotopic (exact) mass is 464 g/mol. The van der Waals surface area contributed by atoms with Crippen LogP contribution in [0.3, 0.4) is 0 Å². The first kappa shape index (κ1) is 21.6. The van der Waals surface area contributed by atoms with Crippen molar-refractivity contribution in [2.45, 2.75) is 25.9 Å². The number of aromatic nitrogens is 3. The van der Waals surface area contributed by atoms with Crippen LogP contribution in [0.5, 0.6) is 0 Å². The fourth-order valence-electron chi connectivity index (χ4n) is 2.52. The number of anilines is 1. The summed E-state index contributed by atoms with van der Waals surface area (Å²) >= 11 is 7.55. The molecular formula is C17H16ClF3N4O2S2. The molecule has 0 amide bonds. The summed E-state index contributed by atoms with van der Waals surface area (Å²) in [4.78, 5) is 4.55. The van der Waals surface area contributed by atoms with Gasteiger partial charge in [0.05, 0.1) is 22.1 Å². The number of hydrogen-bond acceptors (Lipinski definition) is 5. The van der Waals surface area contributed by atoms with Crippen molar-refractivity contribution in [3.8, 4) is 22.0 Å². The van der Waals surface area contributed by atoms with Gasteiger partial charge in [-0.25, -0.2) is 4.98 Å². The maximum absolute atomic E-state index is 12.5. The maximum atomic E-state index is 12.5. The molecule has 0 aliphatic heterocycles. The fourth-order valence-corrected chi connectivity index (χ4v) is 4.20. The molecule has 0 aliphatic carbocycles. The molecule has 3 rings (SSSR count). The molecule has 0 saturated carbocycles. The zero-order valence-electron chi connectivity index (χ0n) is 15.2. The second-order valence-corrected chi connectivity index (χ2v) is 9.52. The van der Waals surface area contributed by atoms with Crippen molar-refractivity contribution in [1.29, 1.82) is 0 Å². The van der Waals surface area contributed by atoms with Crippen LogP contribution in [0.1, 0.15) is 13.8 Å². The SMILES string of the molecule is CC(C)Cn1nccc1-c1nc(-c2ccc(NS(=O)(=O)C(F)(F)F)cc2Cl)cs1. The third-order valence-electron chi connectivity index (χ3n) is 3.78. The quantitative estimate of drug-likeness (QED) is 0.541. The Morgan fingerprint density at radius 3 is 2.62 bits per heavy atom. The van der Waals surface area contributed by atoms with E-state index in [2.05, 4.69) is 23.9 Å². The second kappa shape index (κ2) is 7.96. The van der Waals surface area contributed by atoms with E-state index >= 15 is 0 Å². The van der Waals surface area contributed by atoms with Crippen LogP contribution in [0.4, 0.5) is 18.9 Å². The lowest BCUT2D eigenvalue weighted by molar-refractivity contribution is -0.0429. The number of nitrogens with zero attached hydrogens (tertiary/aromatic N) is 3. The first-order chi connectivity index (χ1) is 13.5. The summed E-state index contributed by atoms with van der Waals surface area (Å²) < 4.78 is 63.3. The van der Waals surface area contributed by atoms with Crippen LogP contribution in [0, 0.1) is 5.92 Å². The Hall–Kier alpha value is -2.11. The minimum Gasteiger partial charge on any atom is -0.276 e. The van der Waals surface area contributed by atoms with Gasteiger partial charge in [-0.05, 0) is 30.2 Å². The van der Waals surface area contributed by atoms with Crippen LogP contribution in [-0.2, 0) is 16.6 Å². The zero-order chi connectivity index (χ0) is 21.4. The van der Waals surface area contributed by atoms with Crippen LogP contribution >= 0.6 is 22.9 Å². The summed E-state index contributed by atoms with van der Waals surface area (Å²) in [6.45, 7) is 4.88. The summed E-state index contributed by atoms with van der Waals surface area (Å²) in [7, 11) is -5.52. The number of hydrogen-bond donors (Lipinski definition) is 1. The highest BCUT2D eigenvalue weighted by molar-refractivity contribution is 7.93. The molecule has 0 radical (unpaired) electrons. The molecule has 156 valence electrons. The van der Waals surface area contributed by atoms with E-state index in [0.29, 0.717) is 17.2 Å². The molecule has 12 heteroatoms. The summed E-state index contributed by atoms with van der Waals surface area (Å²) in [6.07, 6.45) is 1.69. The molecule has 29 heavy (non-hydrogen) atoms. The number of nitrogens with one attached hydrogen (secondary N) is 1. The molecule has 0 fully saturated rings. The Bertz CT molecular complexity index is 1120. The lowest BCUT2D eigenvalue weighted by atomic mass is 10.1. The van der Waals surface area contributed by atoms with Crippen molar-refractivity contribution in [3.05, 3.63) is 40.9 Å². The molecule has 0 aliphatic rings. The van der Waals surface area contributed by atoms with E-state index in [-0.39, 0.29) is 10.7 Å². The molecule has 2 heterocycles. The van der Waals surface area contributed by atoms with Gasteiger partial charge in [0.1, 0.15) is 5.01 Å². The number of thiazole rings is 1. The Balaban J connectivity index is 1.87. The van der Waals surface area contributed by atoms with Gasteiger partial charge in [-0.1, -0.05) is 25.4 Å². The highest BCUT2D eigenvalue weighted by Gasteiger charge is 2.46. The molecule has 2 aromatic heterocycles. The molecule has 0 bridgehead atoms. The number of rotatable bonds is 6. The van der Waals surface area contributed by atoms with Crippen LogP contribution in [0.15, 0.2) is 35.8 Å². The summed E-state index contributed by atoms with van der Waals surface area (Å²) in [5, 5.41) is 6.85. The molecule has 6 nitrogen and oxygen atoms in total. The summed E-state index contributed by atoms with van der Waals surface area (Å²) in [5.74, 6) is 0.399. The summed E-state index contributed by atoms with van der Waals surface area (Å²) in [5.41, 5.74) is -3.86. The van der Waals surface area contributed by atoms with Gasteiger partial charge in [-0.3, -0.25) is 9.40 Å². The molecule has 3 aromatic rings. The minimum atomic E-state index is -5.52. The van der Waals surface area contributed by atoms with Gasteiger partial charge in [0, 0.05) is 23.7 Å². The first-order valence-corrected chi connectivity index (χ1v) is 11.1. The Morgan fingerprint density at radius 1 is 1.28 bits per heavy atom. The lowest BCUT2D eigenvalue weighted by Gasteiger charge is -2.11. The van der Waals surface area contributed by atoms with Crippen molar-refractivity contribution in [3.63, 3.8) is 0 Å². The van der Waals surface area contributed by atoms with E-state index in [0.717, 1.165) is 23.3 Å². The van der Waals surface area contributed by atoms with Gasteiger partial charge >= 0.3 is 15.5 Å². The second-order valence-electron chi connectivity index (χ2n) is 6.58. The molecule has 1 aromatic carbocycles. The van der Waals surface area contributed by atoms with Gasteiger partial charge in [0.25, 0.3) is 0 Å². The lowest BCUT2D eigenvalue weighted by Crippen LogP contribution is -2.29. The smallest absolute Gasteiger partial charge is 0.276 e. The topological polar surface area (TPSA) is 76.9 Å². The van der Waals surface area contributed by atoms with Crippen LogP contribution in [0.25, 0.3) is 22.0 Å². The predicted octanol–water partition coefficient (Wildman–Crippen LogP) is 5.24. The van der Waals surface area contributed by atoms with Crippen molar-refractivity contribution < 1.29 is 21.6 Å². The number of benzene rings is 1. The van der Waals surface area contributed by atoms with Gasteiger partial charge in [-0.2, -0.15) is 26.7 Å². The average molecular weight is 465 g/mol. The van der Waals surface area contributed by atoms with Crippen molar-refractivity contribution in [2.75, 3.05) is 4.72 Å². The molecule has 1 N–H and O–H groups in total. The Labute approximate surface area is 174 Å². The van der Waals surface area contributed by atoms with Crippen molar-refractivity contribution >= 4 is 38.6 Å². The number of alkyl halides is 3. The summed E-state index contributed by atoms with van der Waals surface area (Å²) in [6, 6.07) is 5.58. The number of sulfonamides is 1. The highest BCUT2D eigenvalue weighted by Crippen LogP contribution is 2.35. The predicted molar refractivity (Wildman–Crippen MR) is 107 cm³/mol. The largest absolute Gasteiger partial charge is 0.516 e. The third-order valence-corrected chi connectivity index (χ3v) is 6.07. The van der Waals surface area contributed by atoms with Gasteiger partial charge in [0.15, 0.2) is 0 Å². The van der Waals surface area contributed by atoms with Crippen LogP contribution in [0.2, 0.25) is 5.02 Å². The fraction of sp³-hybridized carbons (Fsp3) is 0.294. The Kier molecular flexibility index (Phi) is 5.93. The highest BCUT2D eigenvalue weighted by atomic mass is 35.5. The van der Waals surface area contributed by atoms with Crippen LogP contribution < -0.4 is 4.72 Å². The molecule has 0 saturated heterocycles. The van der Waals surface area contributed by atoms with Crippen molar-refractivity contribution in [1.82, 2.24) is 14.8 Å². The zero-order valence-corrected chi connectivity index (χ0v) is 17.6. The normalized spacial score (nSPS) is 12.5. The van der Waals surface area contributed by atoms with E-state index in [4.69, 9.17) is 11.6 Å². The van der Waals surface area contributed by atoms with E-state index in [1.807, 2.05) is 10.7 Å².